The largest absolute Gasteiger partial charge is 0.494 e. The predicted molar refractivity (Wildman–Crippen MR) is 129 cm³/mol. The van der Waals surface area contributed by atoms with E-state index in [-0.39, 0.29) is 0 Å². The van der Waals surface area contributed by atoms with Gasteiger partial charge in [0.2, 0.25) is 0 Å². The summed E-state index contributed by atoms with van der Waals surface area (Å²) in [4.78, 5) is 0. The Labute approximate surface area is 186 Å². The van der Waals surface area contributed by atoms with Gasteiger partial charge < -0.3 is 14.2 Å². The van der Waals surface area contributed by atoms with E-state index in [1.807, 2.05) is 48.5 Å². The van der Waals surface area contributed by atoms with Crippen molar-refractivity contribution in [2.45, 2.75) is 51.1 Å². The van der Waals surface area contributed by atoms with Crippen LogP contribution in [-0.4, -0.2) is 28.0 Å². The number of rotatable bonds is 12. The van der Waals surface area contributed by atoms with Crippen LogP contribution in [0.4, 0.5) is 0 Å². The molecule has 7 heteroatoms. The summed E-state index contributed by atoms with van der Waals surface area (Å²) in [7, 11) is -3.02. The van der Waals surface area contributed by atoms with E-state index in [1.54, 1.807) is 0 Å². The lowest BCUT2D eigenvalue weighted by Crippen LogP contribution is -2.16. The Kier molecular flexibility index (Phi) is 9.40. The van der Waals surface area contributed by atoms with Crippen molar-refractivity contribution < 1.29 is 14.2 Å². The van der Waals surface area contributed by atoms with Crippen LogP contribution >= 0.6 is 22.2 Å². The van der Waals surface area contributed by atoms with E-state index in [4.69, 9.17) is 36.4 Å². The monoisotopic (exact) mass is 470 g/mol. The van der Waals surface area contributed by atoms with Gasteiger partial charge in [-0.25, -0.2) is 0 Å². The second kappa shape index (κ2) is 11.3. The molecule has 3 nitrogen and oxygen atoms in total. The minimum absolute atomic E-state index is 0.690. The third kappa shape index (κ3) is 11.0. The average molecular weight is 472 g/mol. The molecular formula is C22H32Cl2O3Si2. The van der Waals surface area contributed by atoms with Gasteiger partial charge in [-0.05, 0) is 73.5 Å². The molecule has 0 bridgehead atoms. The third-order valence-corrected chi connectivity index (χ3v) is 8.47. The summed E-state index contributed by atoms with van der Waals surface area (Å²) < 4.78 is 17.4. The normalized spacial score (nSPS) is 11.9. The molecule has 0 fully saturated rings. The van der Waals surface area contributed by atoms with Crippen LogP contribution in [0.2, 0.25) is 38.3 Å². The lowest BCUT2D eigenvalue weighted by molar-refractivity contribution is 0.316. The first-order chi connectivity index (χ1) is 13.6. The summed E-state index contributed by atoms with van der Waals surface area (Å²) in [5.74, 6) is 3.24. The van der Waals surface area contributed by atoms with Crippen molar-refractivity contribution >= 4 is 36.9 Å². The van der Waals surface area contributed by atoms with Gasteiger partial charge >= 0.3 is 0 Å². The van der Waals surface area contributed by atoms with Gasteiger partial charge in [0.15, 0.2) is 14.8 Å². The molecule has 2 aromatic carbocycles. The van der Waals surface area contributed by atoms with Gasteiger partial charge in [0.25, 0.3) is 0 Å². The van der Waals surface area contributed by atoms with E-state index >= 15 is 0 Å². The molecular weight excluding hydrogens is 439 g/mol. The second-order valence-electron chi connectivity index (χ2n) is 8.39. The molecule has 0 aliphatic rings. The minimum atomic E-state index is -1.51. The first-order valence-electron chi connectivity index (χ1n) is 10.1. The molecule has 0 aliphatic heterocycles. The maximum atomic E-state index is 6.33. The Bertz CT molecular complexity index is 660. The molecule has 0 aliphatic carbocycles. The predicted octanol–water partition coefficient (Wildman–Crippen LogP) is 7.90. The zero-order valence-corrected chi connectivity index (χ0v) is 21.4. The quantitative estimate of drug-likeness (QED) is 0.179. The highest BCUT2D eigenvalue weighted by molar-refractivity contribution is 7.19. The van der Waals surface area contributed by atoms with Gasteiger partial charge in [0.1, 0.15) is 23.0 Å². The van der Waals surface area contributed by atoms with Crippen LogP contribution in [0.15, 0.2) is 48.5 Å². The van der Waals surface area contributed by atoms with Crippen LogP contribution in [0.5, 0.6) is 23.0 Å². The van der Waals surface area contributed by atoms with E-state index in [0.29, 0.717) is 13.2 Å². The summed E-state index contributed by atoms with van der Waals surface area (Å²) in [6.45, 7) is 10.0. The first-order valence-corrected chi connectivity index (χ1v) is 18.6. The van der Waals surface area contributed by atoms with Crippen LogP contribution in [0.3, 0.4) is 0 Å². The minimum Gasteiger partial charge on any atom is -0.494 e. The molecule has 160 valence electrons. The summed E-state index contributed by atoms with van der Waals surface area (Å²) >= 11 is 12.7. The molecule has 2 aromatic rings. The van der Waals surface area contributed by atoms with Crippen molar-refractivity contribution in [3.8, 4) is 23.0 Å². The third-order valence-electron chi connectivity index (χ3n) is 4.25. The van der Waals surface area contributed by atoms with Crippen molar-refractivity contribution in [1.82, 2.24) is 0 Å². The van der Waals surface area contributed by atoms with Crippen LogP contribution in [0.1, 0.15) is 12.8 Å². The number of ether oxygens (including phenoxy) is 3. The van der Waals surface area contributed by atoms with Gasteiger partial charge in [-0.3, -0.25) is 0 Å². The van der Waals surface area contributed by atoms with Crippen molar-refractivity contribution in [3.05, 3.63) is 48.5 Å². The molecule has 0 spiro atoms. The van der Waals surface area contributed by atoms with Gasteiger partial charge in [-0.2, -0.15) is 22.2 Å². The Morgan fingerprint density at radius 1 is 0.586 bits per heavy atom. The van der Waals surface area contributed by atoms with E-state index in [0.717, 1.165) is 47.9 Å². The van der Waals surface area contributed by atoms with Crippen LogP contribution < -0.4 is 14.2 Å². The molecule has 0 atom stereocenters. The van der Waals surface area contributed by atoms with Crippen LogP contribution in [-0.2, 0) is 0 Å². The molecule has 0 aromatic heterocycles. The zero-order chi connectivity index (χ0) is 21.3. The zero-order valence-electron chi connectivity index (χ0n) is 17.8. The van der Waals surface area contributed by atoms with Crippen molar-refractivity contribution in [1.29, 1.82) is 0 Å². The second-order valence-corrected chi connectivity index (χ2v) is 22.4. The van der Waals surface area contributed by atoms with E-state index < -0.39 is 14.8 Å². The summed E-state index contributed by atoms with van der Waals surface area (Å²) in [5, 5.41) is 0. The van der Waals surface area contributed by atoms with E-state index in [9.17, 15) is 0 Å². The number of hydrogen-bond donors (Lipinski definition) is 0. The summed E-state index contributed by atoms with van der Waals surface area (Å²) in [5.41, 5.74) is 0. The lowest BCUT2D eigenvalue weighted by Gasteiger charge is -2.13. The Hall–Kier alpha value is -1.15. The molecule has 0 unspecified atom stereocenters. The van der Waals surface area contributed by atoms with Gasteiger partial charge in [-0.15, -0.1) is 0 Å². The molecule has 0 saturated carbocycles. The SMILES string of the molecule is C[Si](C)(Cl)CCCOc1ccc(Oc2ccc(OCCC[Si](C)(C)Cl)cc2)cc1. The van der Waals surface area contributed by atoms with Gasteiger partial charge in [0.05, 0.1) is 13.2 Å². The highest BCUT2D eigenvalue weighted by Crippen LogP contribution is 2.26. The molecule has 0 radical (unpaired) electrons. The molecule has 0 saturated heterocycles. The summed E-state index contributed by atoms with van der Waals surface area (Å²) in [6, 6.07) is 17.5. The topological polar surface area (TPSA) is 27.7 Å². The highest BCUT2D eigenvalue weighted by Gasteiger charge is 2.16. The van der Waals surface area contributed by atoms with E-state index in [1.165, 1.54) is 0 Å². The number of benzene rings is 2. The Morgan fingerprint density at radius 2 is 0.897 bits per heavy atom. The van der Waals surface area contributed by atoms with E-state index in [2.05, 4.69) is 26.2 Å². The van der Waals surface area contributed by atoms with Crippen molar-refractivity contribution in [2.75, 3.05) is 13.2 Å². The fourth-order valence-electron chi connectivity index (χ4n) is 2.71. The van der Waals surface area contributed by atoms with Crippen molar-refractivity contribution in [2.24, 2.45) is 0 Å². The fraction of sp³-hybridized carbons (Fsp3) is 0.455. The lowest BCUT2D eigenvalue weighted by atomic mass is 10.3. The van der Waals surface area contributed by atoms with Crippen LogP contribution in [0, 0.1) is 0 Å². The maximum Gasteiger partial charge on any atom is 0.150 e. The number of hydrogen-bond acceptors (Lipinski definition) is 3. The molecule has 0 N–H and O–H groups in total. The van der Waals surface area contributed by atoms with Crippen molar-refractivity contribution in [3.63, 3.8) is 0 Å². The maximum absolute atomic E-state index is 6.33. The first kappa shape index (κ1) is 24.1. The van der Waals surface area contributed by atoms with Gasteiger partial charge in [0, 0.05) is 0 Å². The summed E-state index contributed by atoms with van der Waals surface area (Å²) in [6.07, 6.45) is 1.97. The fourth-order valence-corrected chi connectivity index (χ4v) is 5.48. The smallest absolute Gasteiger partial charge is 0.150 e. The standard InChI is InChI=1S/C22H32Cl2O3Si2/c1-28(2,23)17-5-15-25-19-7-11-21(12-8-19)27-22-13-9-20(10-14-22)26-16-6-18-29(3,4)24/h7-14H,5-6,15-18H2,1-4H3. The van der Waals surface area contributed by atoms with Crippen LogP contribution in [0.25, 0.3) is 0 Å². The molecule has 0 amide bonds. The Morgan fingerprint density at radius 3 is 1.21 bits per heavy atom. The molecule has 29 heavy (non-hydrogen) atoms. The highest BCUT2D eigenvalue weighted by atomic mass is 35.6. The van der Waals surface area contributed by atoms with Gasteiger partial charge in [-0.1, -0.05) is 26.2 Å². The number of halogens is 2. The Balaban J connectivity index is 1.74. The molecule has 2 rings (SSSR count). The average Bonchev–Trinajstić information content (AvgIpc) is 2.63. The molecule has 0 heterocycles.